The zero-order valence-electron chi connectivity index (χ0n) is 9.90. The van der Waals surface area contributed by atoms with Crippen molar-refractivity contribution in [2.75, 3.05) is 0 Å². The van der Waals surface area contributed by atoms with E-state index in [9.17, 15) is 4.79 Å². The lowest BCUT2D eigenvalue weighted by molar-refractivity contribution is -0.112. The lowest BCUT2D eigenvalue weighted by Crippen LogP contribution is -2.16. The predicted octanol–water partition coefficient (Wildman–Crippen LogP) is 1.57. The molecule has 6 heteroatoms. The second-order valence-corrected chi connectivity index (χ2v) is 4.76. The van der Waals surface area contributed by atoms with Crippen molar-refractivity contribution < 1.29 is 4.79 Å². The van der Waals surface area contributed by atoms with E-state index in [0.29, 0.717) is 16.8 Å². The van der Waals surface area contributed by atoms with Crippen molar-refractivity contribution in [3.63, 3.8) is 0 Å². The number of amides is 1. The van der Waals surface area contributed by atoms with Gasteiger partial charge in [-0.2, -0.15) is 0 Å². The molecule has 1 aromatic heterocycles. The molecular formula is C12H15ClN4O. The Hall–Kier alpha value is -1.62. The maximum Gasteiger partial charge on any atom is 0.252 e. The summed E-state index contributed by atoms with van der Waals surface area (Å²) in [5.74, 6) is -0.231. The first kappa shape index (κ1) is 12.8. The molecule has 18 heavy (non-hydrogen) atoms. The van der Waals surface area contributed by atoms with Gasteiger partial charge in [-0.15, -0.1) is 10.2 Å². The fourth-order valence-electron chi connectivity index (χ4n) is 2.34. The van der Waals surface area contributed by atoms with Gasteiger partial charge in [0.05, 0.1) is 5.57 Å². The van der Waals surface area contributed by atoms with Crippen LogP contribution in [0.5, 0.6) is 0 Å². The van der Waals surface area contributed by atoms with Crippen LogP contribution in [-0.4, -0.2) is 16.1 Å². The quantitative estimate of drug-likeness (QED) is 0.812. The Morgan fingerprint density at radius 2 is 2.06 bits per heavy atom. The van der Waals surface area contributed by atoms with Crippen LogP contribution in [0, 0.1) is 0 Å². The van der Waals surface area contributed by atoms with Crippen LogP contribution >= 0.6 is 11.6 Å². The molecule has 1 amide bonds. The molecule has 1 aliphatic rings. The Morgan fingerprint density at radius 1 is 1.39 bits per heavy atom. The van der Waals surface area contributed by atoms with E-state index in [1.54, 1.807) is 6.07 Å². The summed E-state index contributed by atoms with van der Waals surface area (Å²) in [7, 11) is 0. The normalized spacial score (nSPS) is 17.1. The highest BCUT2D eigenvalue weighted by Gasteiger charge is 2.22. The molecule has 0 saturated heterocycles. The number of primary amides is 1. The second-order valence-electron chi connectivity index (χ2n) is 4.40. The first-order chi connectivity index (χ1) is 8.63. The molecule has 1 fully saturated rings. The third-order valence-electron chi connectivity index (χ3n) is 3.28. The second kappa shape index (κ2) is 5.35. The third kappa shape index (κ3) is 2.46. The van der Waals surface area contributed by atoms with Crippen LogP contribution in [-0.2, 0) is 4.79 Å². The number of hydrogen-bond acceptors (Lipinski definition) is 4. The van der Waals surface area contributed by atoms with Gasteiger partial charge >= 0.3 is 0 Å². The monoisotopic (exact) mass is 266 g/mol. The first-order valence-corrected chi connectivity index (χ1v) is 6.26. The van der Waals surface area contributed by atoms with Crippen LogP contribution in [0.25, 0.3) is 5.57 Å². The summed E-state index contributed by atoms with van der Waals surface area (Å²) in [5, 5.41) is 8.15. The molecule has 2 rings (SSSR count). The summed E-state index contributed by atoms with van der Waals surface area (Å²) >= 11 is 6.06. The Labute approximate surface area is 110 Å². The van der Waals surface area contributed by atoms with Gasteiger partial charge in [0.15, 0.2) is 5.15 Å². The van der Waals surface area contributed by atoms with Crippen molar-refractivity contribution in [1.29, 1.82) is 0 Å². The van der Waals surface area contributed by atoms with Gasteiger partial charge in [-0.1, -0.05) is 24.4 Å². The maximum absolute atomic E-state index is 11.2. The number of hydrogen-bond donors (Lipinski definition) is 2. The minimum atomic E-state index is -0.619. The number of nitrogens with two attached hydrogens (primary N) is 2. The highest BCUT2D eigenvalue weighted by molar-refractivity contribution is 6.30. The van der Waals surface area contributed by atoms with E-state index in [0.717, 1.165) is 24.6 Å². The summed E-state index contributed by atoms with van der Waals surface area (Å²) in [6.07, 6.45) is 5.70. The smallest absolute Gasteiger partial charge is 0.252 e. The highest BCUT2D eigenvalue weighted by atomic mass is 35.5. The van der Waals surface area contributed by atoms with Gasteiger partial charge < -0.3 is 11.5 Å². The molecule has 0 spiro atoms. The van der Waals surface area contributed by atoms with E-state index in [4.69, 9.17) is 23.1 Å². The minimum absolute atomic E-state index is 0.165. The molecular weight excluding hydrogens is 252 g/mol. The Bertz CT molecular complexity index is 495. The molecule has 0 atom stereocenters. The van der Waals surface area contributed by atoms with Gasteiger partial charge in [0, 0.05) is 6.20 Å². The van der Waals surface area contributed by atoms with Crippen LogP contribution < -0.4 is 11.5 Å². The largest absolute Gasteiger partial charge is 0.404 e. The van der Waals surface area contributed by atoms with Crippen molar-refractivity contribution >= 4 is 23.1 Å². The molecule has 5 nitrogen and oxygen atoms in total. The number of halogens is 1. The first-order valence-electron chi connectivity index (χ1n) is 5.88. The topological polar surface area (TPSA) is 94.9 Å². The Kier molecular flexibility index (Phi) is 3.81. The molecule has 0 radical (unpaired) electrons. The minimum Gasteiger partial charge on any atom is -0.404 e. The average Bonchev–Trinajstić information content (AvgIpc) is 2.85. The summed E-state index contributed by atoms with van der Waals surface area (Å²) in [6, 6.07) is 1.77. The standard InChI is InChI=1S/C12H15ClN4O/c13-11-8(7-3-1-2-4-7)5-10(16-17-11)9(6-14)12(15)18/h5-7H,1-4,14H2,(H2,15,18)/b9-6-. The number of aromatic nitrogens is 2. The lowest BCUT2D eigenvalue weighted by atomic mass is 9.98. The molecule has 1 heterocycles. The van der Waals surface area contributed by atoms with Gasteiger partial charge in [0.1, 0.15) is 5.69 Å². The van der Waals surface area contributed by atoms with Crippen LogP contribution in [0.1, 0.15) is 42.9 Å². The van der Waals surface area contributed by atoms with Gasteiger partial charge in [-0.05, 0) is 30.4 Å². The molecule has 0 aliphatic heterocycles. The summed E-state index contributed by atoms with van der Waals surface area (Å²) in [5.41, 5.74) is 12.1. The van der Waals surface area contributed by atoms with E-state index < -0.39 is 5.91 Å². The summed E-state index contributed by atoms with van der Waals surface area (Å²) in [4.78, 5) is 11.2. The molecule has 0 bridgehead atoms. The summed E-state index contributed by atoms with van der Waals surface area (Å²) in [6.45, 7) is 0. The van der Waals surface area contributed by atoms with Gasteiger partial charge in [0.25, 0.3) is 5.91 Å². The molecule has 0 aromatic carbocycles. The summed E-state index contributed by atoms with van der Waals surface area (Å²) < 4.78 is 0. The van der Waals surface area contributed by atoms with Gasteiger partial charge in [0.2, 0.25) is 0 Å². The van der Waals surface area contributed by atoms with Crippen LogP contribution in [0.15, 0.2) is 12.3 Å². The van der Waals surface area contributed by atoms with E-state index in [1.807, 2.05) is 0 Å². The van der Waals surface area contributed by atoms with E-state index in [-0.39, 0.29) is 5.57 Å². The number of rotatable bonds is 3. The number of carbonyl (C=O) groups excluding carboxylic acids is 1. The zero-order chi connectivity index (χ0) is 13.1. The maximum atomic E-state index is 11.2. The van der Waals surface area contributed by atoms with E-state index >= 15 is 0 Å². The van der Waals surface area contributed by atoms with Crippen molar-refractivity contribution in [3.05, 3.63) is 28.7 Å². The van der Waals surface area contributed by atoms with Gasteiger partial charge in [-0.25, -0.2) is 0 Å². The SMILES string of the molecule is N/C=C(\C(N)=O)c1cc(C2CCCC2)c(Cl)nn1. The number of carbonyl (C=O) groups is 1. The van der Waals surface area contributed by atoms with Crippen LogP contribution in [0.4, 0.5) is 0 Å². The molecule has 1 aliphatic carbocycles. The van der Waals surface area contributed by atoms with E-state index in [1.165, 1.54) is 12.8 Å². The fourth-order valence-corrected chi connectivity index (χ4v) is 2.59. The van der Waals surface area contributed by atoms with Gasteiger partial charge in [-0.3, -0.25) is 4.79 Å². The highest BCUT2D eigenvalue weighted by Crippen LogP contribution is 2.37. The molecule has 96 valence electrons. The molecule has 4 N–H and O–H groups in total. The van der Waals surface area contributed by atoms with Crippen LogP contribution in [0.2, 0.25) is 5.15 Å². The van der Waals surface area contributed by atoms with E-state index in [2.05, 4.69) is 10.2 Å². The molecule has 1 aromatic rings. The lowest BCUT2D eigenvalue weighted by Gasteiger charge is -2.12. The van der Waals surface area contributed by atoms with Crippen LogP contribution in [0.3, 0.4) is 0 Å². The Balaban J connectivity index is 2.39. The van der Waals surface area contributed by atoms with Crippen molar-refractivity contribution in [2.24, 2.45) is 11.5 Å². The number of nitrogens with zero attached hydrogens (tertiary/aromatic N) is 2. The van der Waals surface area contributed by atoms with Crippen molar-refractivity contribution in [2.45, 2.75) is 31.6 Å². The van der Waals surface area contributed by atoms with Crippen molar-refractivity contribution in [1.82, 2.24) is 10.2 Å². The molecule has 0 unspecified atom stereocenters. The average molecular weight is 267 g/mol. The fraction of sp³-hybridized carbons (Fsp3) is 0.417. The zero-order valence-corrected chi connectivity index (χ0v) is 10.7. The van der Waals surface area contributed by atoms with Crippen molar-refractivity contribution in [3.8, 4) is 0 Å². The third-order valence-corrected chi connectivity index (χ3v) is 3.57. The molecule has 1 saturated carbocycles. The Morgan fingerprint density at radius 3 is 2.61 bits per heavy atom. The predicted molar refractivity (Wildman–Crippen MR) is 69.6 cm³/mol.